The summed E-state index contributed by atoms with van der Waals surface area (Å²) in [4.78, 5) is 0. The SMILES string of the molecule is CCCCC1CCc2c(cc(F)c(C#Cc3ccc(N=Nc4ccc(OCCC)cc4)cc3CC)c2F)C1. The third-order valence-corrected chi connectivity index (χ3v) is 7.07. The topological polar surface area (TPSA) is 34.0 Å². The Balaban J connectivity index is 1.51. The molecule has 0 heterocycles. The molecule has 4 rings (SSSR count). The highest BCUT2D eigenvalue weighted by Crippen LogP contribution is 2.33. The molecule has 3 aromatic carbocycles. The summed E-state index contributed by atoms with van der Waals surface area (Å²) in [5.74, 6) is 6.08. The lowest BCUT2D eigenvalue weighted by molar-refractivity contribution is 0.317. The fraction of sp³-hybridized carbons (Fsp3) is 0.394. The van der Waals surface area contributed by atoms with E-state index < -0.39 is 11.6 Å². The summed E-state index contributed by atoms with van der Waals surface area (Å²) >= 11 is 0. The minimum absolute atomic E-state index is 0.132. The van der Waals surface area contributed by atoms with Crippen LogP contribution in [-0.4, -0.2) is 6.61 Å². The van der Waals surface area contributed by atoms with E-state index >= 15 is 4.39 Å². The van der Waals surface area contributed by atoms with E-state index in [0.717, 1.165) is 66.7 Å². The molecule has 0 spiro atoms. The zero-order valence-corrected chi connectivity index (χ0v) is 22.6. The van der Waals surface area contributed by atoms with Gasteiger partial charge in [-0.1, -0.05) is 51.9 Å². The second-order valence-electron chi connectivity index (χ2n) is 9.92. The van der Waals surface area contributed by atoms with Crippen LogP contribution in [0.25, 0.3) is 0 Å². The number of unbranched alkanes of at least 4 members (excludes halogenated alkanes) is 1. The summed E-state index contributed by atoms with van der Waals surface area (Å²) < 4.78 is 35.8. The van der Waals surface area contributed by atoms with Gasteiger partial charge in [-0.2, -0.15) is 10.2 Å². The smallest absolute Gasteiger partial charge is 0.145 e. The van der Waals surface area contributed by atoms with Crippen molar-refractivity contribution in [1.29, 1.82) is 0 Å². The molecular weight excluding hydrogens is 478 g/mol. The average Bonchev–Trinajstić information content (AvgIpc) is 2.94. The van der Waals surface area contributed by atoms with Crippen LogP contribution in [0.4, 0.5) is 20.2 Å². The predicted molar refractivity (Wildman–Crippen MR) is 150 cm³/mol. The zero-order valence-electron chi connectivity index (χ0n) is 22.6. The van der Waals surface area contributed by atoms with Crippen molar-refractivity contribution in [3.63, 3.8) is 0 Å². The van der Waals surface area contributed by atoms with Gasteiger partial charge in [-0.05, 0) is 103 Å². The van der Waals surface area contributed by atoms with Crippen LogP contribution in [0.2, 0.25) is 0 Å². The second-order valence-corrected chi connectivity index (χ2v) is 9.92. The summed E-state index contributed by atoms with van der Waals surface area (Å²) in [6.45, 7) is 6.94. The Hall–Kier alpha value is -3.52. The van der Waals surface area contributed by atoms with Crippen LogP contribution >= 0.6 is 0 Å². The Morgan fingerprint density at radius 1 is 0.921 bits per heavy atom. The molecule has 1 unspecified atom stereocenters. The number of ether oxygens (including phenoxy) is 1. The van der Waals surface area contributed by atoms with E-state index in [1.807, 2.05) is 49.4 Å². The molecule has 1 aliphatic carbocycles. The zero-order chi connectivity index (χ0) is 26.9. The maximum absolute atomic E-state index is 15.3. The molecule has 0 fully saturated rings. The Kier molecular flexibility index (Phi) is 9.65. The minimum atomic E-state index is -0.570. The lowest BCUT2D eigenvalue weighted by Gasteiger charge is -2.25. The lowest BCUT2D eigenvalue weighted by atomic mass is 9.80. The number of azo groups is 1. The monoisotopic (exact) mass is 514 g/mol. The highest BCUT2D eigenvalue weighted by Gasteiger charge is 2.24. The van der Waals surface area contributed by atoms with E-state index in [-0.39, 0.29) is 5.56 Å². The fourth-order valence-electron chi connectivity index (χ4n) is 4.91. The average molecular weight is 515 g/mol. The molecule has 0 bridgehead atoms. The van der Waals surface area contributed by atoms with Gasteiger partial charge in [0.1, 0.15) is 17.4 Å². The number of nitrogens with zero attached hydrogens (tertiary/aromatic N) is 2. The molecule has 3 nitrogen and oxygen atoms in total. The molecule has 1 atom stereocenters. The number of fused-ring (bicyclic) bond motifs is 1. The molecule has 0 aliphatic heterocycles. The van der Waals surface area contributed by atoms with Gasteiger partial charge in [0.15, 0.2) is 0 Å². The highest BCUT2D eigenvalue weighted by molar-refractivity contribution is 5.54. The van der Waals surface area contributed by atoms with Crippen LogP contribution in [0.3, 0.4) is 0 Å². The molecule has 198 valence electrons. The summed E-state index contributed by atoms with van der Waals surface area (Å²) in [7, 11) is 0. The van der Waals surface area contributed by atoms with Crippen molar-refractivity contribution in [3.05, 3.63) is 88.0 Å². The van der Waals surface area contributed by atoms with Crippen molar-refractivity contribution >= 4 is 11.4 Å². The van der Waals surface area contributed by atoms with Crippen LogP contribution in [-0.2, 0) is 19.3 Å². The third kappa shape index (κ3) is 6.86. The summed E-state index contributed by atoms with van der Waals surface area (Å²) in [5.41, 5.74) is 4.43. The van der Waals surface area contributed by atoms with E-state index in [4.69, 9.17) is 4.74 Å². The van der Waals surface area contributed by atoms with E-state index in [9.17, 15) is 4.39 Å². The Labute approximate surface area is 225 Å². The van der Waals surface area contributed by atoms with E-state index in [1.165, 1.54) is 6.07 Å². The highest BCUT2D eigenvalue weighted by atomic mass is 19.1. The van der Waals surface area contributed by atoms with Crippen LogP contribution in [0, 0.1) is 29.4 Å². The molecule has 0 N–H and O–H groups in total. The number of halogens is 2. The van der Waals surface area contributed by atoms with Gasteiger partial charge in [0.05, 0.1) is 23.5 Å². The largest absolute Gasteiger partial charge is 0.494 e. The minimum Gasteiger partial charge on any atom is -0.494 e. The van der Waals surface area contributed by atoms with Crippen molar-refractivity contribution in [1.82, 2.24) is 0 Å². The fourth-order valence-corrected chi connectivity index (χ4v) is 4.91. The van der Waals surface area contributed by atoms with Crippen LogP contribution < -0.4 is 4.74 Å². The summed E-state index contributed by atoms with van der Waals surface area (Å²) in [5, 5.41) is 8.67. The first-order chi connectivity index (χ1) is 18.5. The van der Waals surface area contributed by atoms with Gasteiger partial charge in [0.25, 0.3) is 0 Å². The lowest BCUT2D eigenvalue weighted by Crippen LogP contribution is -2.17. The van der Waals surface area contributed by atoms with E-state index in [2.05, 4.69) is 35.9 Å². The third-order valence-electron chi connectivity index (χ3n) is 7.07. The molecule has 0 saturated carbocycles. The molecule has 0 saturated heterocycles. The normalized spacial score (nSPS) is 14.7. The second kappa shape index (κ2) is 13.3. The van der Waals surface area contributed by atoms with Gasteiger partial charge >= 0.3 is 0 Å². The first-order valence-corrected chi connectivity index (χ1v) is 13.8. The van der Waals surface area contributed by atoms with Crippen molar-refractivity contribution in [2.45, 2.75) is 72.1 Å². The van der Waals surface area contributed by atoms with Gasteiger partial charge in [-0.3, -0.25) is 0 Å². The van der Waals surface area contributed by atoms with Gasteiger partial charge in [-0.15, -0.1) is 0 Å². The first kappa shape index (κ1) is 27.5. The van der Waals surface area contributed by atoms with Gasteiger partial charge in [0.2, 0.25) is 0 Å². The summed E-state index contributed by atoms with van der Waals surface area (Å²) in [6, 6.07) is 14.6. The molecule has 38 heavy (non-hydrogen) atoms. The molecule has 0 aromatic heterocycles. The van der Waals surface area contributed by atoms with Crippen LogP contribution in [0.5, 0.6) is 5.75 Å². The Bertz CT molecular complexity index is 1340. The number of hydrogen-bond donors (Lipinski definition) is 0. The molecule has 1 aliphatic rings. The van der Waals surface area contributed by atoms with Crippen molar-refractivity contribution in [2.75, 3.05) is 6.61 Å². The van der Waals surface area contributed by atoms with Gasteiger partial charge in [0, 0.05) is 5.56 Å². The van der Waals surface area contributed by atoms with Crippen molar-refractivity contribution in [3.8, 4) is 17.6 Å². The van der Waals surface area contributed by atoms with Crippen molar-refractivity contribution in [2.24, 2.45) is 16.1 Å². The molecule has 3 aromatic rings. The van der Waals surface area contributed by atoms with Gasteiger partial charge in [-0.25, -0.2) is 8.78 Å². The molecular formula is C33H36F2N2O. The standard InChI is InChI=1S/C33H36F2N2O/c1-4-7-8-23-9-17-30-26(20-23)22-32(34)31(33(30)35)18-11-25-10-12-28(21-24(25)6-3)37-36-27-13-15-29(16-14-27)38-19-5-2/h10,12-16,21-23H,4-9,17,19-20H2,1-3H3. The molecule has 5 heteroatoms. The number of benzene rings is 3. The maximum Gasteiger partial charge on any atom is 0.145 e. The quantitative estimate of drug-likeness (QED) is 0.207. The molecule has 0 radical (unpaired) electrons. The van der Waals surface area contributed by atoms with Crippen LogP contribution in [0.15, 0.2) is 58.8 Å². The molecule has 0 amide bonds. The Morgan fingerprint density at radius 2 is 1.68 bits per heavy atom. The van der Waals surface area contributed by atoms with Gasteiger partial charge < -0.3 is 4.74 Å². The Morgan fingerprint density at radius 3 is 2.42 bits per heavy atom. The number of aryl methyl sites for hydroxylation is 1. The maximum atomic E-state index is 15.3. The van der Waals surface area contributed by atoms with Crippen molar-refractivity contribution < 1.29 is 13.5 Å². The summed E-state index contributed by atoms with van der Waals surface area (Å²) in [6.07, 6.45) is 7.46. The van der Waals surface area contributed by atoms with E-state index in [0.29, 0.717) is 36.6 Å². The number of rotatable bonds is 9. The van der Waals surface area contributed by atoms with Crippen LogP contribution in [0.1, 0.15) is 80.7 Å². The first-order valence-electron chi connectivity index (χ1n) is 13.8. The van der Waals surface area contributed by atoms with E-state index in [1.54, 1.807) is 0 Å². The number of hydrogen-bond acceptors (Lipinski definition) is 3. The predicted octanol–water partition coefficient (Wildman–Crippen LogP) is 9.43.